The maximum Gasteiger partial charge on any atom is 0.253 e. The number of nitrogens with zero attached hydrogens (tertiary/aromatic N) is 2. The number of hydrogen-bond donors (Lipinski definition) is 2. The van der Waals surface area contributed by atoms with Crippen LogP contribution >= 0.6 is 22.9 Å². The Hall–Kier alpha value is -1.66. The number of amides is 1. The fraction of sp³-hybridized carbons (Fsp3) is 0.182. The molecule has 2 aromatic heterocycles. The van der Waals surface area contributed by atoms with Gasteiger partial charge in [0.05, 0.1) is 27.8 Å². The molecule has 2 heterocycles. The van der Waals surface area contributed by atoms with E-state index in [2.05, 4.69) is 15.3 Å². The number of nitrogen functional groups attached to an aromatic ring is 1. The monoisotopic (exact) mass is 282 g/mol. The summed E-state index contributed by atoms with van der Waals surface area (Å²) in [5.74, 6) is -0.0335. The second kappa shape index (κ2) is 5.32. The molecule has 0 aromatic carbocycles. The maximum atomic E-state index is 11.9. The highest BCUT2D eigenvalue weighted by Gasteiger charge is 2.11. The van der Waals surface area contributed by atoms with Gasteiger partial charge in [-0.25, -0.2) is 9.97 Å². The molecule has 0 radical (unpaired) electrons. The number of carbonyl (C=O) groups is 1. The topological polar surface area (TPSA) is 80.9 Å². The van der Waals surface area contributed by atoms with E-state index in [-0.39, 0.29) is 16.7 Å². The van der Waals surface area contributed by atoms with Gasteiger partial charge in [-0.2, -0.15) is 0 Å². The van der Waals surface area contributed by atoms with Crippen LogP contribution in [-0.4, -0.2) is 15.9 Å². The molecule has 0 fully saturated rings. The van der Waals surface area contributed by atoms with Gasteiger partial charge in [0.25, 0.3) is 5.91 Å². The number of carbonyl (C=O) groups excluding carboxylic acids is 1. The second-order valence-electron chi connectivity index (χ2n) is 3.63. The summed E-state index contributed by atoms with van der Waals surface area (Å²) in [4.78, 5) is 19.9. The Bertz CT molecular complexity index is 584. The Morgan fingerprint density at radius 1 is 1.61 bits per heavy atom. The Kier molecular flexibility index (Phi) is 3.78. The molecule has 0 saturated heterocycles. The lowest BCUT2D eigenvalue weighted by Gasteiger charge is -2.05. The molecule has 0 aliphatic heterocycles. The summed E-state index contributed by atoms with van der Waals surface area (Å²) < 4.78 is 0. The zero-order chi connectivity index (χ0) is 13.1. The van der Waals surface area contributed by atoms with Gasteiger partial charge >= 0.3 is 0 Å². The van der Waals surface area contributed by atoms with E-state index in [1.165, 1.54) is 23.6 Å². The number of nitrogens with two attached hydrogens (primary N) is 1. The third-order valence-electron chi connectivity index (χ3n) is 2.22. The minimum Gasteiger partial charge on any atom is -0.384 e. The summed E-state index contributed by atoms with van der Waals surface area (Å²) in [6, 6.07) is 1.45. The van der Waals surface area contributed by atoms with Crippen LogP contribution in [0.15, 0.2) is 17.6 Å². The van der Waals surface area contributed by atoms with Crippen molar-refractivity contribution in [1.29, 1.82) is 0 Å². The fourth-order valence-electron chi connectivity index (χ4n) is 1.38. The predicted octanol–water partition coefficient (Wildman–Crippen LogP) is 2.01. The summed E-state index contributed by atoms with van der Waals surface area (Å²) in [5, 5.41) is 5.87. The van der Waals surface area contributed by atoms with Crippen molar-refractivity contribution in [2.45, 2.75) is 13.5 Å². The van der Waals surface area contributed by atoms with Crippen LogP contribution < -0.4 is 11.1 Å². The van der Waals surface area contributed by atoms with Crippen molar-refractivity contribution in [3.63, 3.8) is 0 Å². The Morgan fingerprint density at radius 2 is 2.39 bits per heavy atom. The van der Waals surface area contributed by atoms with Crippen molar-refractivity contribution < 1.29 is 4.79 Å². The Labute approximate surface area is 113 Å². The van der Waals surface area contributed by atoms with Crippen molar-refractivity contribution in [3.8, 4) is 0 Å². The molecule has 2 aromatic rings. The van der Waals surface area contributed by atoms with Gasteiger partial charge in [0.1, 0.15) is 5.82 Å². The lowest BCUT2D eigenvalue weighted by Crippen LogP contribution is -2.23. The molecular formula is C11H11ClN4OS. The van der Waals surface area contributed by atoms with Gasteiger partial charge in [0.2, 0.25) is 0 Å². The normalized spacial score (nSPS) is 10.3. The first-order valence-corrected chi connectivity index (χ1v) is 6.42. The summed E-state index contributed by atoms with van der Waals surface area (Å²) >= 11 is 7.42. The van der Waals surface area contributed by atoms with Gasteiger partial charge in [-0.05, 0) is 13.0 Å². The average Bonchev–Trinajstić information content (AvgIpc) is 2.75. The van der Waals surface area contributed by atoms with Crippen LogP contribution in [0.3, 0.4) is 0 Å². The van der Waals surface area contributed by atoms with Crippen molar-refractivity contribution in [1.82, 2.24) is 15.3 Å². The molecule has 0 bridgehead atoms. The standard InChI is InChI=1S/C11H11ClN4OS/c1-6-16-7(5-18-6)3-15-11(17)8-2-10(13)14-4-9(8)12/h2,4-5H,3H2,1H3,(H2,13,14)(H,15,17). The van der Waals surface area contributed by atoms with Crippen LogP contribution in [0.25, 0.3) is 0 Å². The predicted molar refractivity (Wildman–Crippen MR) is 71.7 cm³/mol. The fourth-order valence-corrected chi connectivity index (χ4v) is 2.19. The number of aromatic nitrogens is 2. The zero-order valence-corrected chi connectivity index (χ0v) is 11.2. The molecule has 5 nitrogen and oxygen atoms in total. The van der Waals surface area contributed by atoms with Crippen LogP contribution in [0.2, 0.25) is 5.02 Å². The maximum absolute atomic E-state index is 11.9. The number of pyridine rings is 1. The summed E-state index contributed by atoms with van der Waals surface area (Å²) in [6.45, 7) is 2.28. The first-order valence-electron chi connectivity index (χ1n) is 5.16. The minimum atomic E-state index is -0.292. The molecule has 0 spiro atoms. The van der Waals surface area contributed by atoms with Crippen LogP contribution in [0.1, 0.15) is 21.1 Å². The first-order chi connectivity index (χ1) is 8.56. The van der Waals surface area contributed by atoms with E-state index in [9.17, 15) is 4.79 Å². The van der Waals surface area contributed by atoms with Crippen molar-refractivity contribution >= 4 is 34.7 Å². The molecule has 3 N–H and O–H groups in total. The molecule has 18 heavy (non-hydrogen) atoms. The number of nitrogens with one attached hydrogen (secondary N) is 1. The molecule has 7 heteroatoms. The molecule has 0 aliphatic rings. The first kappa shape index (κ1) is 12.8. The van der Waals surface area contributed by atoms with Crippen molar-refractivity contribution in [2.75, 3.05) is 5.73 Å². The molecule has 0 saturated carbocycles. The van der Waals surface area contributed by atoms with E-state index in [4.69, 9.17) is 17.3 Å². The van der Waals surface area contributed by atoms with Gasteiger partial charge in [0.15, 0.2) is 0 Å². The van der Waals surface area contributed by atoms with Crippen LogP contribution in [0.4, 0.5) is 5.82 Å². The SMILES string of the molecule is Cc1nc(CNC(=O)c2cc(N)ncc2Cl)cs1. The largest absolute Gasteiger partial charge is 0.384 e. The van der Waals surface area contributed by atoms with Gasteiger partial charge in [-0.1, -0.05) is 11.6 Å². The highest BCUT2D eigenvalue weighted by molar-refractivity contribution is 7.09. The molecule has 0 atom stereocenters. The molecule has 0 unspecified atom stereocenters. The molecule has 1 amide bonds. The van der Waals surface area contributed by atoms with E-state index in [0.29, 0.717) is 12.1 Å². The van der Waals surface area contributed by atoms with Gasteiger partial charge in [-0.15, -0.1) is 11.3 Å². The van der Waals surface area contributed by atoms with E-state index in [1.54, 1.807) is 0 Å². The molecular weight excluding hydrogens is 272 g/mol. The number of anilines is 1. The van der Waals surface area contributed by atoms with E-state index >= 15 is 0 Å². The smallest absolute Gasteiger partial charge is 0.253 e. The number of rotatable bonds is 3. The van der Waals surface area contributed by atoms with Crippen molar-refractivity contribution in [3.05, 3.63) is 38.9 Å². The van der Waals surface area contributed by atoms with Gasteiger partial charge in [0, 0.05) is 11.6 Å². The quantitative estimate of drug-likeness (QED) is 0.902. The molecule has 94 valence electrons. The Balaban J connectivity index is 2.05. The second-order valence-corrected chi connectivity index (χ2v) is 5.10. The highest BCUT2D eigenvalue weighted by atomic mass is 35.5. The minimum absolute atomic E-state index is 0.258. The zero-order valence-electron chi connectivity index (χ0n) is 9.61. The van der Waals surface area contributed by atoms with E-state index in [1.807, 2.05) is 12.3 Å². The van der Waals surface area contributed by atoms with Crippen LogP contribution in [-0.2, 0) is 6.54 Å². The number of halogens is 1. The van der Waals surface area contributed by atoms with Crippen LogP contribution in [0, 0.1) is 6.92 Å². The number of hydrogen-bond acceptors (Lipinski definition) is 5. The summed E-state index contributed by atoms with van der Waals surface area (Å²) in [5.41, 5.74) is 6.65. The molecule has 0 aliphatic carbocycles. The van der Waals surface area contributed by atoms with Gasteiger partial charge < -0.3 is 11.1 Å². The third kappa shape index (κ3) is 2.96. The van der Waals surface area contributed by atoms with Crippen molar-refractivity contribution in [2.24, 2.45) is 0 Å². The van der Waals surface area contributed by atoms with Crippen LogP contribution in [0.5, 0.6) is 0 Å². The average molecular weight is 283 g/mol. The lowest BCUT2D eigenvalue weighted by atomic mass is 10.2. The van der Waals surface area contributed by atoms with E-state index < -0.39 is 0 Å². The third-order valence-corrected chi connectivity index (χ3v) is 3.34. The summed E-state index contributed by atoms with van der Waals surface area (Å²) in [6.07, 6.45) is 1.36. The Morgan fingerprint density at radius 3 is 3.06 bits per heavy atom. The number of aryl methyl sites for hydroxylation is 1. The molecule has 2 rings (SSSR count). The van der Waals surface area contributed by atoms with E-state index in [0.717, 1.165) is 10.7 Å². The lowest BCUT2D eigenvalue weighted by molar-refractivity contribution is 0.0950. The number of thiazole rings is 1. The summed E-state index contributed by atoms with van der Waals surface area (Å²) in [7, 11) is 0. The van der Waals surface area contributed by atoms with Gasteiger partial charge in [-0.3, -0.25) is 4.79 Å². The highest BCUT2D eigenvalue weighted by Crippen LogP contribution is 2.16.